The van der Waals surface area contributed by atoms with Crippen molar-refractivity contribution in [1.29, 1.82) is 0 Å². The number of aliphatic hydroxyl groups is 1. The Morgan fingerprint density at radius 1 is 1.06 bits per heavy atom. The molecule has 2 aromatic rings. The van der Waals surface area contributed by atoms with Crippen LogP contribution in [0.25, 0.3) is 11.1 Å². The van der Waals surface area contributed by atoms with Crippen molar-refractivity contribution in [2.75, 3.05) is 0 Å². The Labute approximate surface area is 104 Å². The molecule has 0 saturated carbocycles. The summed E-state index contributed by atoms with van der Waals surface area (Å²) in [5.41, 5.74) is 1.02. The van der Waals surface area contributed by atoms with Gasteiger partial charge in [-0.3, -0.25) is 4.79 Å². The fourth-order valence-electron chi connectivity index (χ4n) is 2.62. The summed E-state index contributed by atoms with van der Waals surface area (Å²) in [6.07, 6.45) is 0. The highest BCUT2D eigenvalue weighted by Gasteiger charge is 2.45. The average Bonchev–Trinajstić information content (AvgIpc) is 2.61. The van der Waals surface area contributed by atoms with Gasteiger partial charge in [-0.05, 0) is 30.2 Å². The first kappa shape index (κ1) is 11.0. The lowest BCUT2D eigenvalue weighted by Crippen LogP contribution is -2.32. The first-order valence-corrected chi connectivity index (χ1v) is 5.72. The summed E-state index contributed by atoms with van der Waals surface area (Å²) < 4.78 is 0. The van der Waals surface area contributed by atoms with E-state index >= 15 is 0 Å². The lowest BCUT2D eigenvalue weighted by Gasteiger charge is -2.22. The van der Waals surface area contributed by atoms with E-state index in [9.17, 15) is 15.0 Å². The number of aromatic hydroxyl groups is 1. The first-order chi connectivity index (χ1) is 8.55. The van der Waals surface area contributed by atoms with Gasteiger partial charge in [-0.2, -0.15) is 0 Å². The van der Waals surface area contributed by atoms with Crippen LogP contribution in [0.1, 0.15) is 18.1 Å². The molecule has 90 valence electrons. The molecule has 0 radical (unpaired) electrons. The van der Waals surface area contributed by atoms with E-state index in [0.717, 1.165) is 11.1 Å². The van der Waals surface area contributed by atoms with Crippen LogP contribution in [0, 0.1) is 0 Å². The van der Waals surface area contributed by atoms with Gasteiger partial charge in [0.25, 0.3) is 0 Å². The van der Waals surface area contributed by atoms with E-state index in [1.807, 2.05) is 12.1 Å². The van der Waals surface area contributed by atoms with Gasteiger partial charge < -0.3 is 10.2 Å². The number of phenols is 1. The van der Waals surface area contributed by atoms with Gasteiger partial charge in [-0.1, -0.05) is 30.3 Å². The number of carbonyl (C=O) groups is 1. The van der Waals surface area contributed by atoms with Gasteiger partial charge in [0.05, 0.1) is 0 Å². The number of carbonyl (C=O) groups excluding carboxylic acids is 1. The third-order valence-corrected chi connectivity index (χ3v) is 3.51. The molecule has 3 nitrogen and oxygen atoms in total. The van der Waals surface area contributed by atoms with Crippen LogP contribution in [0.3, 0.4) is 0 Å². The number of benzene rings is 2. The Hall–Kier alpha value is -2.13. The summed E-state index contributed by atoms with van der Waals surface area (Å²) in [4.78, 5) is 11.9. The molecule has 3 heteroatoms. The van der Waals surface area contributed by atoms with Gasteiger partial charge in [0.15, 0.2) is 11.4 Å². The zero-order valence-electron chi connectivity index (χ0n) is 9.84. The number of Topliss-reactive ketones (excluding diaryl/α,β-unsaturated/α-hetero) is 1. The van der Waals surface area contributed by atoms with Gasteiger partial charge in [0, 0.05) is 11.1 Å². The minimum atomic E-state index is -1.65. The third kappa shape index (κ3) is 1.19. The van der Waals surface area contributed by atoms with Crippen LogP contribution < -0.4 is 0 Å². The van der Waals surface area contributed by atoms with Gasteiger partial charge in [0.1, 0.15) is 5.75 Å². The van der Waals surface area contributed by atoms with E-state index in [4.69, 9.17) is 0 Å². The van der Waals surface area contributed by atoms with Gasteiger partial charge in [0.2, 0.25) is 0 Å². The van der Waals surface area contributed by atoms with Gasteiger partial charge in [-0.25, -0.2) is 0 Å². The van der Waals surface area contributed by atoms with E-state index in [2.05, 4.69) is 0 Å². The monoisotopic (exact) mass is 240 g/mol. The van der Waals surface area contributed by atoms with E-state index in [1.165, 1.54) is 13.0 Å². The molecule has 1 atom stereocenters. The zero-order chi connectivity index (χ0) is 12.9. The number of fused-ring (bicyclic) bond motifs is 3. The topological polar surface area (TPSA) is 57.5 Å². The summed E-state index contributed by atoms with van der Waals surface area (Å²) in [5.74, 6) is -0.305. The van der Waals surface area contributed by atoms with Crippen molar-refractivity contribution in [2.45, 2.75) is 12.5 Å². The SMILES string of the molecule is CC(=O)C1(O)c2ccccc2-c2ccc(O)cc21. The molecule has 2 N–H and O–H groups in total. The Balaban J connectivity index is 2.42. The standard InChI is InChI=1S/C15H12O3/c1-9(16)15(18)13-5-3-2-4-11(13)12-7-6-10(17)8-14(12)15/h2-8,17-18H,1H3. The van der Waals surface area contributed by atoms with Crippen molar-refractivity contribution < 1.29 is 15.0 Å². The zero-order valence-corrected chi connectivity index (χ0v) is 9.84. The molecule has 0 bridgehead atoms. The van der Waals surface area contributed by atoms with E-state index in [-0.39, 0.29) is 11.5 Å². The third-order valence-electron chi connectivity index (χ3n) is 3.51. The first-order valence-electron chi connectivity index (χ1n) is 5.72. The summed E-state index contributed by atoms with van der Waals surface area (Å²) >= 11 is 0. The second-order valence-corrected chi connectivity index (χ2v) is 4.54. The molecular formula is C15H12O3. The minimum Gasteiger partial charge on any atom is -0.508 e. The second-order valence-electron chi connectivity index (χ2n) is 4.54. The maximum absolute atomic E-state index is 11.9. The fraction of sp³-hybridized carbons (Fsp3) is 0.133. The fourth-order valence-corrected chi connectivity index (χ4v) is 2.62. The Bertz CT molecular complexity index is 661. The molecule has 1 aliphatic rings. The normalized spacial score (nSPS) is 20.3. The van der Waals surface area contributed by atoms with E-state index in [1.54, 1.807) is 24.3 Å². The number of rotatable bonds is 1. The molecule has 3 rings (SSSR count). The largest absolute Gasteiger partial charge is 0.508 e. The van der Waals surface area contributed by atoms with Crippen LogP contribution in [0.15, 0.2) is 42.5 Å². The second kappa shape index (κ2) is 3.43. The molecular weight excluding hydrogens is 228 g/mol. The summed E-state index contributed by atoms with van der Waals surface area (Å²) in [5, 5.41) is 20.3. The Morgan fingerprint density at radius 3 is 2.44 bits per heavy atom. The molecule has 18 heavy (non-hydrogen) atoms. The van der Waals surface area contributed by atoms with E-state index in [0.29, 0.717) is 11.1 Å². The van der Waals surface area contributed by atoms with Crippen molar-refractivity contribution in [3.05, 3.63) is 53.6 Å². The molecule has 2 aromatic carbocycles. The number of hydrogen-bond acceptors (Lipinski definition) is 3. The van der Waals surface area contributed by atoms with Crippen molar-refractivity contribution in [1.82, 2.24) is 0 Å². The molecule has 0 aromatic heterocycles. The summed E-state index contributed by atoms with van der Waals surface area (Å²) in [6, 6.07) is 12.0. The molecule has 0 fully saturated rings. The van der Waals surface area contributed by atoms with Crippen LogP contribution in [-0.4, -0.2) is 16.0 Å². The van der Waals surface area contributed by atoms with Crippen LogP contribution in [-0.2, 0) is 10.4 Å². The molecule has 0 heterocycles. The highest BCUT2D eigenvalue weighted by Crippen LogP contribution is 2.48. The van der Waals surface area contributed by atoms with Gasteiger partial charge in [-0.15, -0.1) is 0 Å². The highest BCUT2D eigenvalue weighted by atomic mass is 16.3. The smallest absolute Gasteiger partial charge is 0.174 e. The van der Waals surface area contributed by atoms with Crippen molar-refractivity contribution in [3.63, 3.8) is 0 Å². The Morgan fingerprint density at radius 2 is 1.72 bits per heavy atom. The maximum Gasteiger partial charge on any atom is 0.174 e. The van der Waals surface area contributed by atoms with Crippen molar-refractivity contribution in [3.8, 4) is 16.9 Å². The molecule has 1 unspecified atom stereocenters. The average molecular weight is 240 g/mol. The summed E-state index contributed by atoms with van der Waals surface area (Å²) in [6.45, 7) is 1.36. The molecule has 0 spiro atoms. The summed E-state index contributed by atoms with van der Waals surface area (Å²) in [7, 11) is 0. The predicted octanol–water partition coefficient (Wildman–Crippen LogP) is 2.20. The maximum atomic E-state index is 11.9. The van der Waals surface area contributed by atoms with Crippen LogP contribution in [0.2, 0.25) is 0 Å². The van der Waals surface area contributed by atoms with Crippen LogP contribution in [0.5, 0.6) is 5.75 Å². The number of ketones is 1. The van der Waals surface area contributed by atoms with Crippen molar-refractivity contribution >= 4 is 5.78 Å². The van der Waals surface area contributed by atoms with Crippen molar-refractivity contribution in [2.24, 2.45) is 0 Å². The number of hydrogen-bond donors (Lipinski definition) is 2. The predicted molar refractivity (Wildman–Crippen MR) is 67.2 cm³/mol. The molecule has 0 amide bonds. The van der Waals surface area contributed by atoms with E-state index < -0.39 is 5.60 Å². The highest BCUT2D eigenvalue weighted by molar-refractivity contribution is 5.98. The Kier molecular flexibility index (Phi) is 2.10. The quantitative estimate of drug-likeness (QED) is 0.803. The number of phenolic OH excluding ortho intramolecular Hbond substituents is 1. The van der Waals surface area contributed by atoms with Crippen LogP contribution in [0.4, 0.5) is 0 Å². The van der Waals surface area contributed by atoms with Crippen LogP contribution >= 0.6 is 0 Å². The lowest BCUT2D eigenvalue weighted by molar-refractivity contribution is -0.131. The molecule has 1 aliphatic carbocycles. The minimum absolute atomic E-state index is 0.0428. The lowest BCUT2D eigenvalue weighted by atomic mass is 9.88. The molecule has 0 aliphatic heterocycles. The van der Waals surface area contributed by atoms with Gasteiger partial charge >= 0.3 is 0 Å². The molecule has 0 saturated heterocycles.